The monoisotopic (exact) mass is 433 g/mol. The first kappa shape index (κ1) is 19.9. The van der Waals surface area contributed by atoms with E-state index in [1.807, 2.05) is 38.1 Å². The summed E-state index contributed by atoms with van der Waals surface area (Å²) in [5.41, 5.74) is 2.94. The molecule has 2 unspecified atom stereocenters. The lowest BCUT2D eigenvalue weighted by molar-refractivity contribution is 0.0569. The number of carbonyl (C=O) groups excluding carboxylic acids is 1. The van der Waals surface area contributed by atoms with Crippen molar-refractivity contribution < 1.29 is 9.90 Å². The van der Waals surface area contributed by atoms with Crippen molar-refractivity contribution in [3.05, 3.63) is 87.3 Å². The minimum Gasteiger partial charge on any atom is -0.502 e. The molecule has 3 heterocycles. The van der Waals surface area contributed by atoms with Crippen molar-refractivity contribution >= 4 is 17.7 Å². The lowest BCUT2D eigenvalue weighted by Crippen LogP contribution is -2.49. The molecule has 158 valence electrons. The third kappa shape index (κ3) is 3.15. The Morgan fingerprint density at radius 3 is 2.55 bits per heavy atom. The number of amides is 1. The Hall–Kier alpha value is -3.06. The molecule has 1 amide bonds. The molecule has 6 nitrogen and oxygen atoms in total. The Morgan fingerprint density at radius 2 is 1.77 bits per heavy atom. The van der Waals surface area contributed by atoms with E-state index < -0.39 is 11.2 Å². The highest BCUT2D eigenvalue weighted by atomic mass is 32.2. The van der Waals surface area contributed by atoms with E-state index in [-0.39, 0.29) is 29.6 Å². The van der Waals surface area contributed by atoms with Gasteiger partial charge in [-0.15, -0.1) is 11.8 Å². The maximum Gasteiger partial charge on any atom is 0.276 e. The van der Waals surface area contributed by atoms with Crippen molar-refractivity contribution in [1.82, 2.24) is 14.7 Å². The fourth-order valence-corrected chi connectivity index (χ4v) is 5.79. The topological polar surface area (TPSA) is 75.4 Å². The first-order valence-corrected chi connectivity index (χ1v) is 11.4. The summed E-state index contributed by atoms with van der Waals surface area (Å²) in [5, 5.41) is 14.9. The van der Waals surface area contributed by atoms with Gasteiger partial charge >= 0.3 is 0 Å². The molecule has 7 heteroatoms. The van der Waals surface area contributed by atoms with E-state index in [1.54, 1.807) is 21.3 Å². The second-order valence-electron chi connectivity index (χ2n) is 8.27. The molecule has 0 saturated heterocycles. The molecule has 0 saturated carbocycles. The first-order valence-electron chi connectivity index (χ1n) is 10.4. The number of hydrogen-bond acceptors (Lipinski definition) is 5. The van der Waals surface area contributed by atoms with Gasteiger partial charge in [0.05, 0.1) is 12.2 Å². The number of thioether (sulfide) groups is 1. The number of aromatic nitrogens is 2. The smallest absolute Gasteiger partial charge is 0.276 e. The molecular formula is C24H23N3O3S. The van der Waals surface area contributed by atoms with Gasteiger partial charge in [0.15, 0.2) is 11.4 Å². The molecule has 2 aliphatic heterocycles. The van der Waals surface area contributed by atoms with Crippen LogP contribution in [0.3, 0.4) is 0 Å². The zero-order valence-electron chi connectivity index (χ0n) is 17.4. The highest BCUT2D eigenvalue weighted by molar-refractivity contribution is 7.98. The molecular weight excluding hydrogens is 410 g/mol. The van der Waals surface area contributed by atoms with E-state index in [0.717, 1.165) is 11.9 Å². The van der Waals surface area contributed by atoms with Crippen molar-refractivity contribution in [2.75, 3.05) is 6.54 Å². The Balaban J connectivity index is 1.79. The van der Waals surface area contributed by atoms with Crippen molar-refractivity contribution in [3.63, 3.8) is 0 Å². The van der Waals surface area contributed by atoms with Gasteiger partial charge in [-0.1, -0.05) is 42.5 Å². The Morgan fingerprint density at radius 1 is 1.06 bits per heavy atom. The highest BCUT2D eigenvalue weighted by Gasteiger charge is 2.42. The van der Waals surface area contributed by atoms with Crippen LogP contribution in [0.15, 0.2) is 64.4 Å². The summed E-state index contributed by atoms with van der Waals surface area (Å²) in [6.07, 6.45) is 1.10. The van der Waals surface area contributed by atoms with E-state index in [4.69, 9.17) is 0 Å². The maximum absolute atomic E-state index is 13.2. The van der Waals surface area contributed by atoms with Crippen molar-refractivity contribution in [2.45, 2.75) is 42.5 Å². The third-order valence-electron chi connectivity index (χ3n) is 6.18. The Labute approximate surface area is 184 Å². The molecule has 5 rings (SSSR count). The van der Waals surface area contributed by atoms with Crippen LogP contribution < -0.4 is 5.43 Å². The molecule has 0 aliphatic carbocycles. The lowest BCUT2D eigenvalue weighted by Gasteiger charge is -2.41. The summed E-state index contributed by atoms with van der Waals surface area (Å²) in [4.78, 5) is 28.3. The van der Waals surface area contributed by atoms with E-state index in [9.17, 15) is 14.7 Å². The molecule has 31 heavy (non-hydrogen) atoms. The number of benzene rings is 2. The average Bonchev–Trinajstić information content (AvgIpc) is 2.93. The molecule has 2 aromatic carbocycles. The normalized spacial score (nSPS) is 20.1. The van der Waals surface area contributed by atoms with Gasteiger partial charge in [-0.3, -0.25) is 14.3 Å². The predicted molar refractivity (Wildman–Crippen MR) is 120 cm³/mol. The van der Waals surface area contributed by atoms with Crippen LogP contribution in [0, 0.1) is 0 Å². The van der Waals surface area contributed by atoms with Crippen molar-refractivity contribution in [3.8, 4) is 5.75 Å². The number of aromatic hydroxyl groups is 1. The van der Waals surface area contributed by atoms with Crippen molar-refractivity contribution in [1.29, 1.82) is 0 Å². The zero-order valence-corrected chi connectivity index (χ0v) is 18.2. The molecule has 0 radical (unpaired) electrons. The number of rotatable bonds is 2. The highest BCUT2D eigenvalue weighted by Crippen LogP contribution is 2.47. The maximum atomic E-state index is 13.2. The molecule has 3 aromatic rings. The molecule has 0 bridgehead atoms. The van der Waals surface area contributed by atoms with E-state index in [2.05, 4.69) is 29.4 Å². The molecule has 1 aromatic heterocycles. The fourth-order valence-electron chi connectivity index (χ4n) is 4.67. The number of nitrogens with zero attached hydrogens (tertiary/aromatic N) is 3. The molecule has 1 N–H and O–H groups in total. The average molecular weight is 434 g/mol. The predicted octanol–water partition coefficient (Wildman–Crippen LogP) is 3.79. The second kappa shape index (κ2) is 7.57. The van der Waals surface area contributed by atoms with Gasteiger partial charge in [0, 0.05) is 29.2 Å². The van der Waals surface area contributed by atoms with E-state index in [0.29, 0.717) is 6.54 Å². The Kier molecular flexibility index (Phi) is 4.85. The van der Waals surface area contributed by atoms with Gasteiger partial charge in [-0.05, 0) is 36.6 Å². The number of hydrogen-bond donors (Lipinski definition) is 1. The molecule has 0 fully saturated rings. The second-order valence-corrected chi connectivity index (χ2v) is 9.29. The zero-order chi connectivity index (χ0) is 21.7. The third-order valence-corrected chi connectivity index (χ3v) is 7.32. The van der Waals surface area contributed by atoms with Gasteiger partial charge in [-0.25, -0.2) is 0 Å². The van der Waals surface area contributed by atoms with Gasteiger partial charge in [-0.2, -0.15) is 5.10 Å². The summed E-state index contributed by atoms with van der Waals surface area (Å²) in [6.45, 7) is 4.33. The van der Waals surface area contributed by atoms with Gasteiger partial charge in [0.1, 0.15) is 0 Å². The lowest BCUT2D eigenvalue weighted by atomic mass is 9.81. The van der Waals surface area contributed by atoms with Crippen LogP contribution in [0.2, 0.25) is 0 Å². The summed E-state index contributed by atoms with van der Waals surface area (Å²) in [5.74, 6) is -0.109. The van der Waals surface area contributed by atoms with Gasteiger partial charge in [0.25, 0.3) is 5.91 Å². The Bertz CT molecular complexity index is 1190. The SMILES string of the molecule is CC(C)N1CC(C2c3ccccc3CSc3ccccc32)n2ncc(=O)c(O)c2C1=O. The molecule has 2 aliphatic rings. The van der Waals surface area contributed by atoms with Crippen LogP contribution in [0.4, 0.5) is 0 Å². The van der Waals surface area contributed by atoms with Crippen LogP contribution >= 0.6 is 11.8 Å². The van der Waals surface area contributed by atoms with Gasteiger partial charge < -0.3 is 10.0 Å². The summed E-state index contributed by atoms with van der Waals surface area (Å²) in [7, 11) is 0. The molecule has 0 spiro atoms. The van der Waals surface area contributed by atoms with Crippen LogP contribution in [0.5, 0.6) is 5.75 Å². The standard InChI is InChI=1S/C24H23N3O3S/c1-14(2)26-12-18(27-22(24(26)30)23(29)19(28)11-25-27)21-16-8-4-3-7-15(16)13-31-20-10-6-5-9-17(20)21/h3-11,14,18,21,29H,12-13H2,1-2H3. The number of fused-ring (bicyclic) bond motifs is 3. The number of carbonyl (C=O) groups is 1. The van der Waals surface area contributed by atoms with E-state index in [1.165, 1.54) is 21.6 Å². The largest absolute Gasteiger partial charge is 0.502 e. The molecule has 2 atom stereocenters. The summed E-state index contributed by atoms with van der Waals surface area (Å²) in [6, 6.07) is 16.4. The van der Waals surface area contributed by atoms with Crippen LogP contribution in [0.25, 0.3) is 0 Å². The van der Waals surface area contributed by atoms with E-state index >= 15 is 0 Å². The quantitative estimate of drug-likeness (QED) is 0.666. The fraction of sp³-hybridized carbons (Fsp3) is 0.292. The first-order chi connectivity index (χ1) is 15.0. The van der Waals surface area contributed by atoms with Crippen LogP contribution in [0.1, 0.15) is 53.0 Å². The summed E-state index contributed by atoms with van der Waals surface area (Å²) >= 11 is 1.80. The van der Waals surface area contributed by atoms with Gasteiger partial charge in [0.2, 0.25) is 5.43 Å². The van der Waals surface area contributed by atoms with Crippen LogP contribution in [-0.2, 0) is 5.75 Å². The minimum absolute atomic E-state index is 0.0238. The van der Waals surface area contributed by atoms with Crippen LogP contribution in [-0.4, -0.2) is 38.3 Å². The minimum atomic E-state index is -0.638. The van der Waals surface area contributed by atoms with Crippen molar-refractivity contribution in [2.24, 2.45) is 0 Å². The summed E-state index contributed by atoms with van der Waals surface area (Å²) < 4.78 is 1.58.